The number of aryl methyl sites for hydroxylation is 1. The van der Waals surface area contributed by atoms with E-state index in [1.807, 2.05) is 12.1 Å². The van der Waals surface area contributed by atoms with E-state index in [1.54, 1.807) is 0 Å². The molecule has 2 aliphatic carbocycles. The highest BCUT2D eigenvalue weighted by Gasteiger charge is 2.43. The molecule has 0 heterocycles. The number of rotatable bonds is 7. The summed E-state index contributed by atoms with van der Waals surface area (Å²) in [5, 5.41) is 0. The normalized spacial score (nSPS) is 26.4. The number of fused-ring (bicyclic) bond motifs is 2. The fourth-order valence-electron chi connectivity index (χ4n) is 5.39. The number of carbonyl (C=O) groups is 1. The highest BCUT2D eigenvalue weighted by molar-refractivity contribution is 5.69. The predicted octanol–water partition coefficient (Wildman–Crippen LogP) is 6.00. The Labute approximate surface area is 178 Å². The second-order valence-electron chi connectivity index (χ2n) is 8.97. The molecule has 0 aliphatic heterocycles. The first kappa shape index (κ1) is 21.0. The monoisotopic (exact) mass is 410 g/mol. The predicted molar refractivity (Wildman–Crippen MR) is 114 cm³/mol. The molecule has 0 spiro atoms. The minimum absolute atomic E-state index is 0.0947. The van der Waals surface area contributed by atoms with Crippen molar-refractivity contribution >= 4 is 5.97 Å². The van der Waals surface area contributed by atoms with Gasteiger partial charge in [0.05, 0.1) is 13.2 Å². The van der Waals surface area contributed by atoms with Crippen LogP contribution < -0.4 is 0 Å². The Balaban J connectivity index is 1.60. The summed E-state index contributed by atoms with van der Waals surface area (Å²) >= 11 is 0. The lowest BCUT2D eigenvalue weighted by molar-refractivity contribution is -0.141. The van der Waals surface area contributed by atoms with E-state index in [1.165, 1.54) is 44.1 Å². The minimum atomic E-state index is -0.243. The lowest BCUT2D eigenvalue weighted by atomic mass is 9.75. The zero-order chi connectivity index (χ0) is 21.1. The van der Waals surface area contributed by atoms with Gasteiger partial charge in [-0.05, 0) is 73.6 Å². The molecule has 4 heteroatoms. The molecule has 2 aromatic rings. The first-order valence-corrected chi connectivity index (χ1v) is 11.1. The summed E-state index contributed by atoms with van der Waals surface area (Å²) in [5.41, 5.74) is 3.24. The number of hydrogen-bond acceptors (Lipinski definition) is 3. The fourth-order valence-corrected chi connectivity index (χ4v) is 5.39. The number of benzene rings is 2. The molecule has 0 radical (unpaired) electrons. The molecule has 0 saturated heterocycles. The van der Waals surface area contributed by atoms with E-state index in [2.05, 4.69) is 31.2 Å². The van der Waals surface area contributed by atoms with Gasteiger partial charge < -0.3 is 9.47 Å². The second-order valence-corrected chi connectivity index (χ2v) is 8.97. The average molecular weight is 411 g/mol. The van der Waals surface area contributed by atoms with Crippen LogP contribution in [0.15, 0.2) is 48.5 Å². The Morgan fingerprint density at radius 1 is 1.03 bits per heavy atom. The molecule has 30 heavy (non-hydrogen) atoms. The van der Waals surface area contributed by atoms with Crippen LogP contribution in [0, 0.1) is 30.5 Å². The molecule has 2 saturated carbocycles. The maximum absolute atomic E-state index is 13.6. The molecular formula is C26H31FO3. The van der Waals surface area contributed by atoms with Gasteiger partial charge in [-0.3, -0.25) is 4.79 Å². The molecule has 0 N–H and O–H groups in total. The van der Waals surface area contributed by atoms with E-state index in [0.717, 1.165) is 24.0 Å². The Hall–Kier alpha value is -2.20. The van der Waals surface area contributed by atoms with Gasteiger partial charge in [0.25, 0.3) is 0 Å². The lowest BCUT2D eigenvalue weighted by Gasteiger charge is -2.39. The number of carbonyl (C=O) groups excluding carboxylic acids is 1. The van der Waals surface area contributed by atoms with Gasteiger partial charge in [-0.25, -0.2) is 4.39 Å². The molecule has 3 unspecified atom stereocenters. The molecule has 5 atom stereocenters. The zero-order valence-corrected chi connectivity index (χ0v) is 17.9. The van der Waals surface area contributed by atoms with Crippen molar-refractivity contribution < 1.29 is 18.7 Å². The van der Waals surface area contributed by atoms with Crippen molar-refractivity contribution in [2.75, 3.05) is 7.11 Å². The Morgan fingerprint density at radius 2 is 1.70 bits per heavy atom. The van der Waals surface area contributed by atoms with Crippen LogP contribution in [0.1, 0.15) is 61.3 Å². The Kier molecular flexibility index (Phi) is 6.52. The topological polar surface area (TPSA) is 35.5 Å². The Morgan fingerprint density at radius 3 is 2.37 bits per heavy atom. The molecule has 0 amide bonds. The highest BCUT2D eigenvalue weighted by atomic mass is 19.1. The van der Waals surface area contributed by atoms with Gasteiger partial charge in [0, 0.05) is 6.42 Å². The zero-order valence-electron chi connectivity index (χ0n) is 17.9. The molecule has 160 valence electrons. The van der Waals surface area contributed by atoms with E-state index < -0.39 is 0 Å². The smallest absolute Gasteiger partial charge is 0.305 e. The SMILES string of the molecule is COC(=O)CC[C@@H]1C2CCC(C2)C[C@@H]1OC(c1ccc(C)cc1)c1ccc(F)cc1. The third-order valence-corrected chi connectivity index (χ3v) is 7.00. The molecule has 3 nitrogen and oxygen atoms in total. The van der Waals surface area contributed by atoms with Gasteiger partial charge in [0.2, 0.25) is 0 Å². The third kappa shape index (κ3) is 4.75. The second kappa shape index (κ2) is 9.30. The molecule has 2 aromatic carbocycles. The van der Waals surface area contributed by atoms with Gasteiger partial charge in [0.15, 0.2) is 0 Å². The fraction of sp³-hybridized carbons (Fsp3) is 0.500. The molecule has 2 aliphatic rings. The minimum Gasteiger partial charge on any atom is -0.469 e. The first-order chi connectivity index (χ1) is 14.5. The number of halogens is 1. The average Bonchev–Trinajstić information content (AvgIpc) is 3.15. The van der Waals surface area contributed by atoms with Crippen molar-refractivity contribution in [3.05, 3.63) is 71.0 Å². The number of ether oxygens (including phenoxy) is 2. The largest absolute Gasteiger partial charge is 0.469 e. The van der Waals surface area contributed by atoms with Gasteiger partial charge in [-0.15, -0.1) is 0 Å². The molecule has 0 aromatic heterocycles. The molecule has 2 bridgehead atoms. The van der Waals surface area contributed by atoms with Crippen LogP contribution >= 0.6 is 0 Å². The van der Waals surface area contributed by atoms with Gasteiger partial charge >= 0.3 is 5.97 Å². The van der Waals surface area contributed by atoms with E-state index in [9.17, 15) is 9.18 Å². The summed E-state index contributed by atoms with van der Waals surface area (Å²) in [6.07, 6.45) is 5.86. The van der Waals surface area contributed by atoms with Gasteiger partial charge in [0.1, 0.15) is 11.9 Å². The number of esters is 1. The van der Waals surface area contributed by atoms with Gasteiger partial charge in [-0.1, -0.05) is 48.4 Å². The summed E-state index contributed by atoms with van der Waals surface area (Å²) < 4.78 is 25.3. The van der Waals surface area contributed by atoms with Crippen molar-refractivity contribution in [1.82, 2.24) is 0 Å². The summed E-state index contributed by atoms with van der Waals surface area (Å²) in [7, 11) is 1.45. The highest BCUT2D eigenvalue weighted by Crippen LogP contribution is 2.49. The third-order valence-electron chi connectivity index (χ3n) is 7.00. The molecular weight excluding hydrogens is 379 g/mol. The number of methoxy groups -OCH3 is 1. The van der Waals surface area contributed by atoms with Crippen LogP contribution in [0.4, 0.5) is 4.39 Å². The van der Waals surface area contributed by atoms with Crippen molar-refractivity contribution in [3.63, 3.8) is 0 Å². The van der Waals surface area contributed by atoms with E-state index in [4.69, 9.17) is 9.47 Å². The molecule has 2 fully saturated rings. The number of hydrogen-bond donors (Lipinski definition) is 0. The van der Waals surface area contributed by atoms with Gasteiger partial charge in [-0.2, -0.15) is 0 Å². The van der Waals surface area contributed by atoms with Crippen LogP contribution in [0.5, 0.6) is 0 Å². The summed E-state index contributed by atoms with van der Waals surface area (Å²) in [5.74, 6) is 1.29. The summed E-state index contributed by atoms with van der Waals surface area (Å²) in [6.45, 7) is 2.07. The van der Waals surface area contributed by atoms with E-state index in [-0.39, 0.29) is 24.0 Å². The van der Waals surface area contributed by atoms with Crippen molar-refractivity contribution in [3.8, 4) is 0 Å². The van der Waals surface area contributed by atoms with Crippen LogP contribution in [0.2, 0.25) is 0 Å². The van der Waals surface area contributed by atoms with Crippen LogP contribution in [-0.4, -0.2) is 19.2 Å². The quantitative estimate of drug-likeness (QED) is 0.525. The summed E-state index contributed by atoms with van der Waals surface area (Å²) in [6, 6.07) is 15.0. The Bertz CT molecular complexity index is 800. The maximum Gasteiger partial charge on any atom is 0.305 e. The first-order valence-electron chi connectivity index (χ1n) is 11.1. The standard InChI is InChI=1S/C26H31FO3/c1-17-3-6-19(7-4-17)26(20-9-11-22(27)12-10-20)30-24-16-18-5-8-21(15-18)23(24)13-14-25(28)29-2/h3-4,6-7,9-12,18,21,23-24,26H,5,8,13-16H2,1-2H3/t18?,21?,23-,24+,26?/m1/s1. The summed E-state index contributed by atoms with van der Waals surface area (Å²) in [4.78, 5) is 11.8. The van der Waals surface area contributed by atoms with E-state index >= 15 is 0 Å². The van der Waals surface area contributed by atoms with Crippen LogP contribution in [0.25, 0.3) is 0 Å². The maximum atomic E-state index is 13.6. The van der Waals surface area contributed by atoms with Crippen LogP contribution in [-0.2, 0) is 14.3 Å². The van der Waals surface area contributed by atoms with E-state index in [0.29, 0.717) is 24.2 Å². The lowest BCUT2D eigenvalue weighted by Crippen LogP contribution is -2.36. The van der Waals surface area contributed by atoms with Crippen LogP contribution in [0.3, 0.4) is 0 Å². The van der Waals surface area contributed by atoms with Crippen molar-refractivity contribution in [2.24, 2.45) is 17.8 Å². The molecule has 4 rings (SSSR count). The van der Waals surface area contributed by atoms with Crippen molar-refractivity contribution in [2.45, 2.75) is 57.7 Å². The van der Waals surface area contributed by atoms with Crippen molar-refractivity contribution in [1.29, 1.82) is 0 Å².